The molecule has 0 aliphatic heterocycles. The zero-order valence-corrected chi connectivity index (χ0v) is 20.0. The smallest absolute Gasteiger partial charge is 0.272 e. The Hall–Kier alpha value is -4.37. The standard InChI is InChI=1S/C26H24N4O4S/c1-17-14-22(30(16-17)20-7-5-6-18(15-20)25(27)28)26(31)29-19-10-12-21(13-11-19)34-23-8-3-4-9-24(23)35(2,32)33/h3-16H,1-2H3,(H3,27,28)(H,29,31). The third-order valence-corrected chi connectivity index (χ3v) is 6.35. The number of carbonyl (C=O) groups is 1. The molecule has 0 radical (unpaired) electrons. The number of carbonyl (C=O) groups excluding carboxylic acids is 1. The van der Waals surface area contributed by atoms with Gasteiger partial charge in [0.05, 0.1) is 0 Å². The van der Waals surface area contributed by atoms with Crippen LogP contribution in [0.4, 0.5) is 5.69 Å². The van der Waals surface area contributed by atoms with E-state index in [0.717, 1.165) is 11.8 Å². The van der Waals surface area contributed by atoms with Gasteiger partial charge in [-0.05, 0) is 67.1 Å². The zero-order valence-electron chi connectivity index (χ0n) is 19.1. The van der Waals surface area contributed by atoms with Crippen LogP contribution < -0.4 is 15.8 Å². The van der Waals surface area contributed by atoms with E-state index in [2.05, 4.69) is 5.32 Å². The molecule has 0 fully saturated rings. The molecule has 0 aliphatic carbocycles. The van der Waals surface area contributed by atoms with Gasteiger partial charge in [-0.25, -0.2) is 8.42 Å². The van der Waals surface area contributed by atoms with Crippen LogP contribution in [0.1, 0.15) is 21.6 Å². The highest BCUT2D eigenvalue weighted by atomic mass is 32.2. The van der Waals surface area contributed by atoms with Crippen molar-refractivity contribution in [3.63, 3.8) is 0 Å². The van der Waals surface area contributed by atoms with Crippen LogP contribution in [0.15, 0.2) is 90.0 Å². The number of rotatable bonds is 7. The van der Waals surface area contributed by atoms with E-state index in [-0.39, 0.29) is 22.4 Å². The van der Waals surface area contributed by atoms with Gasteiger partial charge >= 0.3 is 0 Å². The molecule has 0 atom stereocenters. The lowest BCUT2D eigenvalue weighted by Gasteiger charge is -2.12. The molecule has 178 valence electrons. The summed E-state index contributed by atoms with van der Waals surface area (Å²) in [6.07, 6.45) is 2.96. The predicted octanol–water partition coefficient (Wildman–Crippen LogP) is 4.52. The number of hydrogen-bond acceptors (Lipinski definition) is 5. The number of sulfone groups is 1. The van der Waals surface area contributed by atoms with E-state index in [1.807, 2.05) is 19.2 Å². The highest BCUT2D eigenvalue weighted by Gasteiger charge is 2.16. The van der Waals surface area contributed by atoms with Crippen molar-refractivity contribution in [1.29, 1.82) is 5.41 Å². The molecule has 4 rings (SSSR count). The van der Waals surface area contributed by atoms with Gasteiger partial charge in [0, 0.05) is 29.4 Å². The second kappa shape index (κ2) is 9.47. The number of amidine groups is 1. The highest BCUT2D eigenvalue weighted by Crippen LogP contribution is 2.29. The predicted molar refractivity (Wildman–Crippen MR) is 136 cm³/mol. The number of benzene rings is 3. The molecule has 0 unspecified atom stereocenters. The summed E-state index contributed by atoms with van der Waals surface area (Å²) < 4.78 is 31.5. The summed E-state index contributed by atoms with van der Waals surface area (Å²) in [6.45, 7) is 1.89. The van der Waals surface area contributed by atoms with E-state index in [0.29, 0.717) is 28.4 Å². The Bertz CT molecular complexity index is 1520. The van der Waals surface area contributed by atoms with Gasteiger partial charge in [0.25, 0.3) is 5.91 Å². The van der Waals surface area contributed by atoms with Crippen LogP contribution in [-0.2, 0) is 9.84 Å². The molecular formula is C26H24N4O4S. The lowest BCUT2D eigenvalue weighted by atomic mass is 10.2. The van der Waals surface area contributed by atoms with Crippen molar-refractivity contribution >= 4 is 27.3 Å². The van der Waals surface area contributed by atoms with E-state index < -0.39 is 9.84 Å². The Balaban J connectivity index is 1.54. The summed E-state index contributed by atoms with van der Waals surface area (Å²) in [6, 6.07) is 21.9. The summed E-state index contributed by atoms with van der Waals surface area (Å²) in [7, 11) is -3.44. The molecule has 0 saturated heterocycles. The molecule has 0 aliphatic rings. The normalized spacial score (nSPS) is 11.1. The topological polar surface area (TPSA) is 127 Å². The average Bonchev–Trinajstić information content (AvgIpc) is 3.22. The summed E-state index contributed by atoms with van der Waals surface area (Å²) in [5.41, 5.74) is 8.75. The molecule has 1 amide bonds. The number of nitrogen functional groups attached to an aromatic ring is 1. The number of para-hydroxylation sites is 1. The highest BCUT2D eigenvalue weighted by molar-refractivity contribution is 7.90. The van der Waals surface area contributed by atoms with Gasteiger partial charge in [-0.3, -0.25) is 10.2 Å². The number of hydrogen-bond donors (Lipinski definition) is 3. The molecule has 4 N–H and O–H groups in total. The zero-order chi connectivity index (χ0) is 25.2. The third kappa shape index (κ3) is 5.42. The SMILES string of the molecule is Cc1cc(C(=O)Nc2ccc(Oc3ccccc3S(C)(=O)=O)cc2)n(-c2cccc(C(=N)N)c2)c1. The molecular weight excluding hydrogens is 464 g/mol. The third-order valence-electron chi connectivity index (χ3n) is 5.21. The number of ether oxygens (including phenoxy) is 1. The second-order valence-electron chi connectivity index (χ2n) is 8.04. The minimum Gasteiger partial charge on any atom is -0.456 e. The quantitative estimate of drug-likeness (QED) is 0.260. The van der Waals surface area contributed by atoms with Crippen LogP contribution in [0.2, 0.25) is 0 Å². The lowest BCUT2D eigenvalue weighted by molar-refractivity contribution is 0.102. The van der Waals surface area contributed by atoms with Crippen molar-refractivity contribution in [3.8, 4) is 17.2 Å². The Morgan fingerprint density at radius 1 is 1.00 bits per heavy atom. The van der Waals surface area contributed by atoms with E-state index >= 15 is 0 Å². The maximum atomic E-state index is 13.1. The Morgan fingerprint density at radius 2 is 1.71 bits per heavy atom. The number of aromatic nitrogens is 1. The Morgan fingerprint density at radius 3 is 2.40 bits per heavy atom. The number of anilines is 1. The summed E-state index contributed by atoms with van der Waals surface area (Å²) in [4.78, 5) is 13.2. The molecule has 8 nitrogen and oxygen atoms in total. The maximum Gasteiger partial charge on any atom is 0.272 e. The summed E-state index contributed by atoms with van der Waals surface area (Å²) in [5.74, 6) is 0.290. The van der Waals surface area contributed by atoms with Crippen LogP contribution in [0.3, 0.4) is 0 Å². The maximum absolute atomic E-state index is 13.1. The summed E-state index contributed by atoms with van der Waals surface area (Å²) in [5, 5.41) is 10.5. The number of nitrogens with zero attached hydrogens (tertiary/aromatic N) is 1. The fourth-order valence-electron chi connectivity index (χ4n) is 3.58. The number of nitrogens with two attached hydrogens (primary N) is 1. The lowest BCUT2D eigenvalue weighted by Crippen LogP contribution is -2.16. The average molecular weight is 489 g/mol. The molecule has 0 spiro atoms. The molecule has 0 saturated carbocycles. The fourth-order valence-corrected chi connectivity index (χ4v) is 4.38. The van der Waals surface area contributed by atoms with Crippen molar-refractivity contribution in [3.05, 3.63) is 102 Å². The van der Waals surface area contributed by atoms with Gasteiger partial charge in [0.15, 0.2) is 9.84 Å². The second-order valence-corrected chi connectivity index (χ2v) is 10.0. The van der Waals surface area contributed by atoms with Crippen molar-refractivity contribution < 1.29 is 17.9 Å². The Labute approximate surface area is 203 Å². The number of nitrogens with one attached hydrogen (secondary N) is 2. The van der Waals surface area contributed by atoms with Crippen LogP contribution in [0.5, 0.6) is 11.5 Å². The molecule has 1 aromatic heterocycles. The van der Waals surface area contributed by atoms with Crippen molar-refractivity contribution in [2.24, 2.45) is 5.73 Å². The first-order valence-electron chi connectivity index (χ1n) is 10.6. The van der Waals surface area contributed by atoms with Gasteiger partial charge in [-0.15, -0.1) is 0 Å². The molecule has 0 bridgehead atoms. The van der Waals surface area contributed by atoms with Gasteiger partial charge < -0.3 is 20.4 Å². The minimum absolute atomic E-state index is 0.0526. The first-order chi connectivity index (χ1) is 16.6. The molecule has 35 heavy (non-hydrogen) atoms. The van der Waals surface area contributed by atoms with Crippen LogP contribution in [0, 0.1) is 12.3 Å². The van der Waals surface area contributed by atoms with Crippen molar-refractivity contribution in [2.75, 3.05) is 11.6 Å². The van der Waals surface area contributed by atoms with Gasteiger partial charge in [0.1, 0.15) is 27.9 Å². The van der Waals surface area contributed by atoms with E-state index in [9.17, 15) is 13.2 Å². The fraction of sp³-hybridized carbons (Fsp3) is 0.0769. The van der Waals surface area contributed by atoms with Crippen LogP contribution in [0.25, 0.3) is 5.69 Å². The Kier molecular flexibility index (Phi) is 6.44. The van der Waals surface area contributed by atoms with E-state index in [1.54, 1.807) is 71.3 Å². The van der Waals surface area contributed by atoms with Crippen LogP contribution in [-0.4, -0.2) is 31.0 Å². The first kappa shape index (κ1) is 23.8. The number of amides is 1. The summed E-state index contributed by atoms with van der Waals surface area (Å²) >= 11 is 0. The monoisotopic (exact) mass is 488 g/mol. The minimum atomic E-state index is -3.44. The molecule has 1 heterocycles. The van der Waals surface area contributed by atoms with Crippen molar-refractivity contribution in [1.82, 2.24) is 4.57 Å². The van der Waals surface area contributed by atoms with Crippen molar-refractivity contribution in [2.45, 2.75) is 11.8 Å². The first-order valence-corrected chi connectivity index (χ1v) is 12.5. The largest absolute Gasteiger partial charge is 0.456 e. The number of aryl methyl sites for hydroxylation is 1. The molecule has 9 heteroatoms. The van der Waals surface area contributed by atoms with Gasteiger partial charge in [-0.1, -0.05) is 24.3 Å². The van der Waals surface area contributed by atoms with Gasteiger partial charge in [-0.2, -0.15) is 0 Å². The van der Waals surface area contributed by atoms with Crippen LogP contribution >= 0.6 is 0 Å². The van der Waals surface area contributed by atoms with Gasteiger partial charge in [0.2, 0.25) is 0 Å². The van der Waals surface area contributed by atoms with E-state index in [4.69, 9.17) is 15.9 Å². The molecule has 4 aromatic rings. The van der Waals surface area contributed by atoms with E-state index in [1.165, 1.54) is 6.07 Å². The molecule has 3 aromatic carbocycles.